The number of rotatable bonds is 5. The normalized spacial score (nSPS) is 14.7. The molecule has 0 bridgehead atoms. The van der Waals surface area contributed by atoms with E-state index in [1.807, 2.05) is 24.3 Å². The van der Waals surface area contributed by atoms with Gasteiger partial charge < -0.3 is 14.4 Å². The fourth-order valence-corrected chi connectivity index (χ4v) is 3.47. The van der Waals surface area contributed by atoms with Crippen molar-refractivity contribution in [2.75, 3.05) is 45.3 Å². The predicted octanol–water partition coefficient (Wildman–Crippen LogP) is 3.35. The lowest BCUT2D eigenvalue weighted by atomic mass is 10.1. The van der Waals surface area contributed by atoms with Crippen LogP contribution in [0, 0.1) is 24.1 Å². The Morgan fingerprint density at radius 2 is 1.74 bits per heavy atom. The van der Waals surface area contributed by atoms with Gasteiger partial charge in [0.05, 0.1) is 19.9 Å². The van der Waals surface area contributed by atoms with Crippen LogP contribution in [0.25, 0.3) is 0 Å². The summed E-state index contributed by atoms with van der Waals surface area (Å²) >= 11 is 0. The number of benzene rings is 2. The molecule has 0 spiro atoms. The summed E-state index contributed by atoms with van der Waals surface area (Å²) in [5.74, 6) is 1.01. The number of methoxy groups -OCH3 is 2. The molecule has 0 atom stereocenters. The third kappa shape index (κ3) is 3.99. The monoisotopic (exact) mass is 369 g/mol. The van der Waals surface area contributed by atoms with Crippen LogP contribution in [0.2, 0.25) is 0 Å². The van der Waals surface area contributed by atoms with Crippen molar-refractivity contribution in [1.82, 2.24) is 4.90 Å². The summed E-state index contributed by atoms with van der Waals surface area (Å²) in [6, 6.07) is 10.8. The summed E-state index contributed by atoms with van der Waals surface area (Å²) in [5, 5.41) is 9.25. The maximum absolute atomic E-state index is 13.9. The molecule has 142 valence electrons. The number of nitrogens with zero attached hydrogens (tertiary/aromatic N) is 3. The fraction of sp³-hybridized carbons (Fsp3) is 0.381. The molecule has 1 aliphatic rings. The van der Waals surface area contributed by atoms with Gasteiger partial charge in [-0.25, -0.2) is 4.39 Å². The topological polar surface area (TPSA) is 48.7 Å². The molecule has 1 fully saturated rings. The van der Waals surface area contributed by atoms with Crippen LogP contribution in [0.4, 0.5) is 10.1 Å². The quantitative estimate of drug-likeness (QED) is 0.809. The van der Waals surface area contributed by atoms with Crippen molar-refractivity contribution in [3.05, 3.63) is 52.8 Å². The van der Waals surface area contributed by atoms with Gasteiger partial charge in [-0.1, -0.05) is 6.07 Å². The van der Waals surface area contributed by atoms with E-state index in [-0.39, 0.29) is 5.56 Å². The second-order valence-electron chi connectivity index (χ2n) is 6.64. The SMILES string of the molecule is COc1cc(C)c(CN2CCN(c3cccc(F)c3C#N)CC2)cc1OC. The Bertz CT molecular complexity index is 855. The summed E-state index contributed by atoms with van der Waals surface area (Å²) < 4.78 is 24.6. The van der Waals surface area contributed by atoms with Crippen molar-refractivity contribution in [1.29, 1.82) is 5.26 Å². The Balaban J connectivity index is 1.69. The van der Waals surface area contributed by atoms with E-state index in [1.54, 1.807) is 20.3 Å². The lowest BCUT2D eigenvalue weighted by Crippen LogP contribution is -2.46. The largest absolute Gasteiger partial charge is 0.493 e. The second-order valence-corrected chi connectivity index (χ2v) is 6.64. The molecule has 3 rings (SSSR count). The van der Waals surface area contributed by atoms with Crippen LogP contribution >= 0.6 is 0 Å². The molecular formula is C21H24FN3O2. The zero-order valence-electron chi connectivity index (χ0n) is 16.0. The highest BCUT2D eigenvalue weighted by molar-refractivity contribution is 5.60. The standard InChI is InChI=1S/C21H24FN3O2/c1-15-11-20(26-2)21(27-3)12-16(15)14-24-7-9-25(10-8-24)19-6-4-5-18(22)17(19)13-23/h4-6,11-12H,7-10,14H2,1-3H3. The van der Waals surface area contributed by atoms with Crippen molar-refractivity contribution in [2.45, 2.75) is 13.5 Å². The van der Waals surface area contributed by atoms with E-state index in [0.29, 0.717) is 5.69 Å². The molecule has 0 N–H and O–H groups in total. The molecule has 0 aromatic heterocycles. The first-order valence-corrected chi connectivity index (χ1v) is 8.94. The average Bonchev–Trinajstić information content (AvgIpc) is 2.69. The molecule has 2 aromatic carbocycles. The van der Waals surface area contributed by atoms with E-state index >= 15 is 0 Å². The highest BCUT2D eigenvalue weighted by Crippen LogP contribution is 2.31. The molecule has 2 aromatic rings. The third-order valence-corrected chi connectivity index (χ3v) is 5.05. The number of hydrogen-bond donors (Lipinski definition) is 0. The van der Waals surface area contributed by atoms with Crippen molar-refractivity contribution in [2.24, 2.45) is 0 Å². The Morgan fingerprint density at radius 1 is 1.07 bits per heavy atom. The van der Waals surface area contributed by atoms with Crippen molar-refractivity contribution in [3.8, 4) is 17.6 Å². The number of piperazine rings is 1. The van der Waals surface area contributed by atoms with Crippen LogP contribution < -0.4 is 14.4 Å². The van der Waals surface area contributed by atoms with Crippen LogP contribution in [0.3, 0.4) is 0 Å². The van der Waals surface area contributed by atoms with Crippen LogP contribution in [0.15, 0.2) is 30.3 Å². The first-order valence-electron chi connectivity index (χ1n) is 8.94. The lowest BCUT2D eigenvalue weighted by Gasteiger charge is -2.36. The number of halogens is 1. The molecule has 1 aliphatic heterocycles. The highest BCUT2D eigenvalue weighted by atomic mass is 19.1. The lowest BCUT2D eigenvalue weighted by molar-refractivity contribution is 0.248. The van der Waals surface area contributed by atoms with Crippen LogP contribution in [-0.4, -0.2) is 45.3 Å². The Hall–Kier alpha value is -2.78. The van der Waals surface area contributed by atoms with Gasteiger partial charge in [0.2, 0.25) is 0 Å². The zero-order chi connectivity index (χ0) is 19.4. The van der Waals surface area contributed by atoms with Gasteiger partial charge in [0.15, 0.2) is 11.5 Å². The van der Waals surface area contributed by atoms with Crippen molar-refractivity contribution >= 4 is 5.69 Å². The molecule has 1 saturated heterocycles. The molecule has 5 nitrogen and oxygen atoms in total. The first-order chi connectivity index (χ1) is 13.1. The predicted molar refractivity (Wildman–Crippen MR) is 103 cm³/mol. The molecule has 0 saturated carbocycles. The number of hydrogen-bond acceptors (Lipinski definition) is 5. The molecule has 0 amide bonds. The number of nitriles is 1. The smallest absolute Gasteiger partial charge is 0.161 e. The molecule has 0 unspecified atom stereocenters. The van der Waals surface area contributed by atoms with Gasteiger partial charge in [-0.05, 0) is 42.3 Å². The van der Waals surface area contributed by atoms with E-state index in [4.69, 9.17) is 9.47 Å². The van der Waals surface area contributed by atoms with Gasteiger partial charge in [0.1, 0.15) is 17.4 Å². The summed E-state index contributed by atoms with van der Waals surface area (Å²) in [4.78, 5) is 4.44. The highest BCUT2D eigenvalue weighted by Gasteiger charge is 2.21. The summed E-state index contributed by atoms with van der Waals surface area (Å²) in [6.07, 6.45) is 0. The van der Waals surface area contributed by atoms with Gasteiger partial charge in [-0.3, -0.25) is 4.90 Å². The van der Waals surface area contributed by atoms with Crippen LogP contribution in [0.5, 0.6) is 11.5 Å². The van der Waals surface area contributed by atoms with Gasteiger partial charge in [-0.2, -0.15) is 5.26 Å². The molecule has 27 heavy (non-hydrogen) atoms. The minimum atomic E-state index is -0.460. The summed E-state index contributed by atoms with van der Waals surface area (Å²) in [5.41, 5.74) is 3.16. The molecule has 6 heteroatoms. The van der Waals surface area contributed by atoms with Crippen LogP contribution in [-0.2, 0) is 6.54 Å². The van der Waals surface area contributed by atoms with E-state index in [1.165, 1.54) is 11.6 Å². The number of ether oxygens (including phenoxy) is 2. The van der Waals surface area contributed by atoms with Gasteiger partial charge >= 0.3 is 0 Å². The fourth-order valence-electron chi connectivity index (χ4n) is 3.47. The molecular weight excluding hydrogens is 345 g/mol. The van der Waals surface area contributed by atoms with Crippen LogP contribution in [0.1, 0.15) is 16.7 Å². The van der Waals surface area contributed by atoms with E-state index in [0.717, 1.165) is 49.8 Å². The van der Waals surface area contributed by atoms with Gasteiger partial charge in [0, 0.05) is 32.7 Å². The van der Waals surface area contributed by atoms with Gasteiger partial charge in [0.25, 0.3) is 0 Å². The minimum Gasteiger partial charge on any atom is -0.493 e. The first kappa shape index (κ1) is 19.0. The molecule has 0 radical (unpaired) electrons. The van der Waals surface area contributed by atoms with E-state index < -0.39 is 5.82 Å². The number of anilines is 1. The Morgan fingerprint density at radius 3 is 2.37 bits per heavy atom. The Labute approximate surface area is 159 Å². The van der Waals surface area contributed by atoms with Gasteiger partial charge in [-0.15, -0.1) is 0 Å². The maximum atomic E-state index is 13.9. The second kappa shape index (κ2) is 8.28. The van der Waals surface area contributed by atoms with Crippen molar-refractivity contribution < 1.29 is 13.9 Å². The molecule has 1 heterocycles. The third-order valence-electron chi connectivity index (χ3n) is 5.05. The number of aryl methyl sites for hydroxylation is 1. The Kier molecular flexibility index (Phi) is 5.82. The molecule has 0 aliphatic carbocycles. The minimum absolute atomic E-state index is 0.127. The summed E-state index contributed by atoms with van der Waals surface area (Å²) in [7, 11) is 3.28. The summed E-state index contributed by atoms with van der Waals surface area (Å²) in [6.45, 7) is 6.08. The average molecular weight is 369 g/mol. The maximum Gasteiger partial charge on any atom is 0.161 e. The van der Waals surface area contributed by atoms with Crippen molar-refractivity contribution in [3.63, 3.8) is 0 Å². The van der Waals surface area contributed by atoms with E-state index in [9.17, 15) is 9.65 Å². The zero-order valence-corrected chi connectivity index (χ0v) is 16.0. The van der Waals surface area contributed by atoms with E-state index in [2.05, 4.69) is 16.7 Å².